The van der Waals surface area contributed by atoms with Crippen molar-refractivity contribution < 1.29 is 8.78 Å². The summed E-state index contributed by atoms with van der Waals surface area (Å²) in [6.45, 7) is 4.64. The predicted octanol–water partition coefficient (Wildman–Crippen LogP) is 3.82. The molecular weight excluding hydrogens is 266 g/mol. The largest absolute Gasteiger partial charge is 0.304 e. The van der Waals surface area contributed by atoms with Crippen LogP contribution < -0.4 is 5.32 Å². The molecule has 2 nitrogen and oxygen atoms in total. The van der Waals surface area contributed by atoms with E-state index in [4.69, 9.17) is 0 Å². The summed E-state index contributed by atoms with van der Waals surface area (Å²) in [5.41, 5.74) is 1.20. The van der Waals surface area contributed by atoms with Crippen molar-refractivity contribution in [2.45, 2.75) is 26.3 Å². The Kier molecular flexibility index (Phi) is 4.61. The van der Waals surface area contributed by atoms with Crippen LogP contribution in [0.25, 0.3) is 0 Å². The molecule has 1 N–H and O–H groups in total. The molecule has 102 valence electrons. The number of benzene rings is 1. The van der Waals surface area contributed by atoms with Crippen LogP contribution >= 0.6 is 11.3 Å². The molecule has 0 saturated heterocycles. The van der Waals surface area contributed by atoms with Crippen LogP contribution in [0.4, 0.5) is 8.78 Å². The lowest BCUT2D eigenvalue weighted by molar-refractivity contribution is 0.480. The maximum atomic E-state index is 13.9. The Hall–Kier alpha value is -1.33. The van der Waals surface area contributed by atoms with Gasteiger partial charge in [-0.05, 0) is 26.0 Å². The molecule has 0 spiro atoms. The van der Waals surface area contributed by atoms with Crippen LogP contribution in [0.1, 0.15) is 35.7 Å². The molecule has 1 unspecified atom stereocenters. The average molecular weight is 282 g/mol. The summed E-state index contributed by atoms with van der Waals surface area (Å²) < 4.78 is 27.3. The Labute approximate surface area is 115 Å². The molecule has 1 heterocycles. The van der Waals surface area contributed by atoms with Gasteiger partial charge in [0.15, 0.2) is 11.6 Å². The molecule has 0 aliphatic carbocycles. The zero-order chi connectivity index (χ0) is 13.8. The normalized spacial score (nSPS) is 12.6. The molecule has 0 saturated carbocycles. The first-order chi connectivity index (χ1) is 9.13. The zero-order valence-electron chi connectivity index (χ0n) is 10.9. The highest BCUT2D eigenvalue weighted by Crippen LogP contribution is 2.28. The standard InChI is InChI=1S/C14H16F2N2S/c1-3-7-17-13(14-18-9(2)8-19-14)10-5-4-6-11(15)12(10)16/h4-6,8,13,17H,3,7H2,1-2H3. The molecule has 0 amide bonds. The van der Waals surface area contributed by atoms with E-state index in [-0.39, 0.29) is 0 Å². The Morgan fingerprint density at radius 3 is 2.79 bits per heavy atom. The molecule has 0 fully saturated rings. The summed E-state index contributed by atoms with van der Waals surface area (Å²) >= 11 is 1.45. The van der Waals surface area contributed by atoms with Gasteiger partial charge in [0.25, 0.3) is 0 Å². The van der Waals surface area contributed by atoms with Gasteiger partial charge < -0.3 is 5.32 Å². The lowest BCUT2D eigenvalue weighted by atomic mass is 10.1. The van der Waals surface area contributed by atoms with Gasteiger partial charge in [0.05, 0.1) is 6.04 Å². The fourth-order valence-corrected chi connectivity index (χ4v) is 2.75. The average Bonchev–Trinajstić information content (AvgIpc) is 2.81. The second-order valence-electron chi connectivity index (χ2n) is 4.36. The third-order valence-corrected chi connectivity index (χ3v) is 3.80. The summed E-state index contributed by atoms with van der Waals surface area (Å²) in [4.78, 5) is 4.38. The molecule has 1 aromatic heterocycles. The van der Waals surface area contributed by atoms with Gasteiger partial charge in [0, 0.05) is 16.6 Å². The van der Waals surface area contributed by atoms with Crippen molar-refractivity contribution >= 4 is 11.3 Å². The molecular formula is C14H16F2N2S. The number of halogens is 2. The number of rotatable bonds is 5. The molecule has 0 aliphatic rings. The van der Waals surface area contributed by atoms with Crippen molar-refractivity contribution in [1.82, 2.24) is 10.3 Å². The topological polar surface area (TPSA) is 24.9 Å². The van der Waals surface area contributed by atoms with Crippen LogP contribution in [0.5, 0.6) is 0 Å². The first-order valence-corrected chi connectivity index (χ1v) is 7.10. The van der Waals surface area contributed by atoms with Crippen LogP contribution in [0.3, 0.4) is 0 Å². The quantitative estimate of drug-likeness (QED) is 0.901. The van der Waals surface area contributed by atoms with Gasteiger partial charge in [0.2, 0.25) is 0 Å². The number of nitrogens with one attached hydrogen (secondary N) is 1. The van der Waals surface area contributed by atoms with Crippen LogP contribution in [-0.2, 0) is 0 Å². The minimum atomic E-state index is -0.825. The Morgan fingerprint density at radius 2 is 2.16 bits per heavy atom. The van der Waals surface area contributed by atoms with Crippen molar-refractivity contribution in [2.24, 2.45) is 0 Å². The lowest BCUT2D eigenvalue weighted by Crippen LogP contribution is -2.24. The van der Waals surface area contributed by atoms with E-state index in [1.165, 1.54) is 17.4 Å². The predicted molar refractivity (Wildman–Crippen MR) is 73.3 cm³/mol. The SMILES string of the molecule is CCCNC(c1nc(C)cs1)c1cccc(F)c1F. The molecule has 0 aliphatic heterocycles. The van der Waals surface area contributed by atoms with E-state index in [0.29, 0.717) is 5.56 Å². The zero-order valence-corrected chi connectivity index (χ0v) is 11.7. The van der Waals surface area contributed by atoms with Gasteiger partial charge in [0.1, 0.15) is 5.01 Å². The second kappa shape index (κ2) is 6.21. The van der Waals surface area contributed by atoms with E-state index in [9.17, 15) is 8.78 Å². The summed E-state index contributed by atoms with van der Waals surface area (Å²) in [6, 6.07) is 3.86. The highest BCUT2D eigenvalue weighted by atomic mass is 32.1. The molecule has 2 rings (SSSR count). The number of hydrogen-bond acceptors (Lipinski definition) is 3. The van der Waals surface area contributed by atoms with E-state index >= 15 is 0 Å². The Bertz CT molecular complexity index is 554. The van der Waals surface area contributed by atoms with E-state index in [2.05, 4.69) is 10.3 Å². The highest BCUT2D eigenvalue weighted by molar-refractivity contribution is 7.09. The van der Waals surface area contributed by atoms with Crippen LogP contribution in [-0.4, -0.2) is 11.5 Å². The molecule has 0 radical (unpaired) electrons. The first-order valence-electron chi connectivity index (χ1n) is 6.22. The Morgan fingerprint density at radius 1 is 1.37 bits per heavy atom. The number of aryl methyl sites for hydroxylation is 1. The fraction of sp³-hybridized carbons (Fsp3) is 0.357. The van der Waals surface area contributed by atoms with Crippen molar-refractivity contribution in [2.75, 3.05) is 6.54 Å². The fourth-order valence-electron chi connectivity index (χ4n) is 1.87. The molecule has 1 atom stereocenters. The highest BCUT2D eigenvalue weighted by Gasteiger charge is 2.21. The van der Waals surface area contributed by atoms with Gasteiger partial charge in [-0.2, -0.15) is 0 Å². The number of nitrogens with zero attached hydrogens (tertiary/aromatic N) is 1. The number of thiazole rings is 1. The molecule has 1 aromatic carbocycles. The second-order valence-corrected chi connectivity index (χ2v) is 5.25. The van der Waals surface area contributed by atoms with Crippen LogP contribution in [0.2, 0.25) is 0 Å². The smallest absolute Gasteiger partial charge is 0.164 e. The van der Waals surface area contributed by atoms with Crippen molar-refractivity contribution in [3.05, 3.63) is 51.5 Å². The van der Waals surface area contributed by atoms with E-state index in [1.54, 1.807) is 6.07 Å². The molecule has 5 heteroatoms. The molecule has 19 heavy (non-hydrogen) atoms. The minimum Gasteiger partial charge on any atom is -0.304 e. The third-order valence-electron chi connectivity index (χ3n) is 2.77. The summed E-state index contributed by atoms with van der Waals surface area (Å²) in [6.07, 6.45) is 0.914. The van der Waals surface area contributed by atoms with Crippen molar-refractivity contribution in [3.8, 4) is 0 Å². The number of hydrogen-bond donors (Lipinski definition) is 1. The third kappa shape index (κ3) is 3.16. The van der Waals surface area contributed by atoms with Gasteiger partial charge in [-0.3, -0.25) is 0 Å². The van der Waals surface area contributed by atoms with Crippen molar-refractivity contribution in [3.63, 3.8) is 0 Å². The lowest BCUT2D eigenvalue weighted by Gasteiger charge is -2.17. The maximum Gasteiger partial charge on any atom is 0.164 e. The first kappa shape index (κ1) is 14.1. The van der Waals surface area contributed by atoms with Crippen LogP contribution in [0.15, 0.2) is 23.6 Å². The summed E-state index contributed by atoms with van der Waals surface area (Å²) in [5, 5.41) is 5.89. The minimum absolute atomic E-state index is 0.308. The van der Waals surface area contributed by atoms with Gasteiger partial charge in [-0.1, -0.05) is 19.1 Å². The summed E-state index contributed by atoms with van der Waals surface area (Å²) in [5.74, 6) is -1.63. The van der Waals surface area contributed by atoms with E-state index in [0.717, 1.165) is 29.7 Å². The van der Waals surface area contributed by atoms with Gasteiger partial charge in [-0.15, -0.1) is 11.3 Å². The van der Waals surface area contributed by atoms with Gasteiger partial charge in [-0.25, -0.2) is 13.8 Å². The Balaban J connectivity index is 2.39. The maximum absolute atomic E-state index is 13.9. The number of aromatic nitrogens is 1. The summed E-state index contributed by atoms with van der Waals surface area (Å²) in [7, 11) is 0. The van der Waals surface area contributed by atoms with Crippen molar-refractivity contribution in [1.29, 1.82) is 0 Å². The molecule has 0 bridgehead atoms. The molecule has 2 aromatic rings. The van der Waals surface area contributed by atoms with E-state index in [1.807, 2.05) is 19.2 Å². The van der Waals surface area contributed by atoms with Crippen LogP contribution in [0, 0.1) is 18.6 Å². The van der Waals surface area contributed by atoms with Gasteiger partial charge >= 0.3 is 0 Å². The van der Waals surface area contributed by atoms with E-state index < -0.39 is 17.7 Å². The monoisotopic (exact) mass is 282 g/mol.